The number of nitrogens with one attached hydrogen (secondary N) is 1. The minimum atomic E-state index is -0.308. The van der Waals surface area contributed by atoms with E-state index in [0.717, 1.165) is 12.8 Å². The third-order valence-corrected chi connectivity index (χ3v) is 6.99. The highest BCUT2D eigenvalue weighted by Gasteiger charge is 2.51. The van der Waals surface area contributed by atoms with Gasteiger partial charge in [-0.15, -0.1) is 0 Å². The van der Waals surface area contributed by atoms with Crippen molar-refractivity contribution < 1.29 is 14.3 Å². The molecule has 2 aromatic rings. The van der Waals surface area contributed by atoms with Crippen molar-refractivity contribution in [1.82, 2.24) is 5.32 Å². The maximum Gasteiger partial charge on any atom is 0.167 e. The number of hydrogen-bond donors (Lipinski definition) is 1. The van der Waals surface area contributed by atoms with Gasteiger partial charge in [0.1, 0.15) is 0 Å². The van der Waals surface area contributed by atoms with Crippen LogP contribution in [0.3, 0.4) is 0 Å². The van der Waals surface area contributed by atoms with Gasteiger partial charge in [0.25, 0.3) is 0 Å². The summed E-state index contributed by atoms with van der Waals surface area (Å²) in [7, 11) is 1.71. The lowest BCUT2D eigenvalue weighted by atomic mass is 9.56. The zero-order valence-corrected chi connectivity index (χ0v) is 18.6. The maximum atomic E-state index is 13.7. The second-order valence-electron chi connectivity index (χ2n) is 8.82. The first-order chi connectivity index (χ1) is 15.7. The summed E-state index contributed by atoms with van der Waals surface area (Å²) in [6.07, 6.45) is 10.1. The summed E-state index contributed by atoms with van der Waals surface area (Å²) >= 11 is 0. The van der Waals surface area contributed by atoms with Crippen LogP contribution in [0.25, 0.3) is 0 Å². The summed E-state index contributed by atoms with van der Waals surface area (Å²) in [6.45, 7) is 1.73. The van der Waals surface area contributed by atoms with Crippen molar-refractivity contribution in [1.29, 1.82) is 0 Å². The van der Waals surface area contributed by atoms with Crippen LogP contribution in [0.2, 0.25) is 0 Å². The molecular formula is C28H31NO3. The summed E-state index contributed by atoms with van der Waals surface area (Å²) < 4.78 is 5.48. The molecule has 2 aromatic carbocycles. The topological polar surface area (TPSA) is 55.4 Å². The molecule has 1 fully saturated rings. The Morgan fingerprint density at radius 2 is 1.47 bits per heavy atom. The van der Waals surface area contributed by atoms with E-state index in [1.165, 1.54) is 0 Å². The van der Waals surface area contributed by atoms with Gasteiger partial charge >= 0.3 is 0 Å². The average Bonchev–Trinajstić information content (AvgIpc) is 2.87. The largest absolute Gasteiger partial charge is 0.385 e. The standard InChI is InChI=1S/C28H31NO3/c1-32-18-17-28(15-9-4-10-16-28)25-23(26(30)21-11-5-2-6-12-21)19-29-20-24(25)27(31)22-13-7-3-8-14-22/h2-15,23-25,29H,16-20H2,1H3. The molecule has 3 atom stereocenters. The van der Waals surface area contributed by atoms with Crippen molar-refractivity contribution in [2.45, 2.75) is 12.8 Å². The molecule has 0 radical (unpaired) electrons. The van der Waals surface area contributed by atoms with Crippen LogP contribution in [0.5, 0.6) is 0 Å². The Morgan fingerprint density at radius 1 is 0.906 bits per heavy atom. The molecule has 166 valence electrons. The SMILES string of the molecule is COCCC1(C2C(C(=O)c3ccccc3)CNCC2C(=O)c2ccccc2)C=CC=CC1. The Hall–Kier alpha value is -2.82. The van der Waals surface area contributed by atoms with Gasteiger partial charge in [0.05, 0.1) is 0 Å². The molecule has 4 nitrogen and oxygen atoms in total. The second-order valence-corrected chi connectivity index (χ2v) is 8.82. The number of piperidine rings is 1. The summed E-state index contributed by atoms with van der Waals surface area (Å²) in [5.74, 6) is -0.504. The van der Waals surface area contributed by atoms with E-state index in [1.54, 1.807) is 7.11 Å². The highest BCUT2D eigenvalue weighted by Crippen LogP contribution is 2.49. The minimum Gasteiger partial charge on any atom is -0.385 e. The molecular weight excluding hydrogens is 398 g/mol. The lowest BCUT2D eigenvalue weighted by Gasteiger charge is -2.49. The van der Waals surface area contributed by atoms with E-state index in [0.29, 0.717) is 30.8 Å². The molecule has 0 spiro atoms. The lowest BCUT2D eigenvalue weighted by molar-refractivity contribution is 0.0273. The van der Waals surface area contributed by atoms with Crippen LogP contribution in [-0.2, 0) is 4.74 Å². The summed E-state index contributed by atoms with van der Waals surface area (Å²) in [5.41, 5.74) is 1.10. The van der Waals surface area contributed by atoms with E-state index < -0.39 is 0 Å². The quantitative estimate of drug-likeness (QED) is 0.616. The van der Waals surface area contributed by atoms with Crippen LogP contribution >= 0.6 is 0 Å². The van der Waals surface area contributed by atoms with E-state index in [2.05, 4.69) is 23.5 Å². The van der Waals surface area contributed by atoms with Crippen LogP contribution < -0.4 is 5.32 Å². The number of allylic oxidation sites excluding steroid dienone is 4. The molecule has 32 heavy (non-hydrogen) atoms. The third kappa shape index (κ3) is 4.52. The first-order valence-corrected chi connectivity index (χ1v) is 11.4. The van der Waals surface area contributed by atoms with E-state index in [-0.39, 0.29) is 34.7 Å². The Morgan fingerprint density at radius 3 is 1.94 bits per heavy atom. The molecule has 1 N–H and O–H groups in total. The molecule has 4 rings (SSSR count). The molecule has 0 amide bonds. The zero-order valence-electron chi connectivity index (χ0n) is 18.6. The molecule has 0 aromatic heterocycles. The van der Waals surface area contributed by atoms with Gasteiger partial charge in [0.15, 0.2) is 11.6 Å². The Balaban J connectivity index is 1.78. The normalized spacial score (nSPS) is 27.2. The van der Waals surface area contributed by atoms with E-state index in [9.17, 15) is 9.59 Å². The Labute approximate surface area is 190 Å². The van der Waals surface area contributed by atoms with Crippen molar-refractivity contribution in [2.24, 2.45) is 23.2 Å². The van der Waals surface area contributed by atoms with Crippen LogP contribution in [0.1, 0.15) is 33.6 Å². The number of methoxy groups -OCH3 is 1. The number of hydrogen-bond acceptors (Lipinski definition) is 4. The molecule has 0 saturated carbocycles. The van der Waals surface area contributed by atoms with Crippen molar-refractivity contribution in [3.8, 4) is 0 Å². The Kier molecular flexibility index (Phi) is 7.13. The molecule has 0 bridgehead atoms. The zero-order chi connectivity index (χ0) is 22.4. The van der Waals surface area contributed by atoms with Crippen LogP contribution in [-0.4, -0.2) is 38.4 Å². The van der Waals surface area contributed by atoms with E-state index >= 15 is 0 Å². The fraction of sp³-hybridized carbons (Fsp3) is 0.357. The van der Waals surface area contributed by atoms with E-state index in [4.69, 9.17) is 4.74 Å². The van der Waals surface area contributed by atoms with Crippen LogP contribution in [0.4, 0.5) is 0 Å². The van der Waals surface area contributed by atoms with Gasteiger partial charge in [-0.3, -0.25) is 9.59 Å². The van der Waals surface area contributed by atoms with Crippen LogP contribution in [0.15, 0.2) is 85.0 Å². The van der Waals surface area contributed by atoms with Gasteiger partial charge in [-0.1, -0.05) is 85.0 Å². The fourth-order valence-electron chi connectivity index (χ4n) is 5.45. The molecule has 1 aliphatic heterocycles. The van der Waals surface area contributed by atoms with Gasteiger partial charge in [-0.2, -0.15) is 0 Å². The predicted molar refractivity (Wildman–Crippen MR) is 127 cm³/mol. The first-order valence-electron chi connectivity index (χ1n) is 11.4. The van der Waals surface area contributed by atoms with Crippen molar-refractivity contribution in [3.05, 3.63) is 96.1 Å². The number of rotatable bonds is 8. The molecule has 1 heterocycles. The Bertz CT molecular complexity index is 923. The number of Topliss-reactive ketones (excluding diaryl/α,β-unsaturated/α-hetero) is 2. The number of carbonyl (C=O) groups is 2. The number of benzene rings is 2. The van der Waals surface area contributed by atoms with Gasteiger partial charge in [0, 0.05) is 49.8 Å². The number of ketones is 2. The third-order valence-electron chi connectivity index (χ3n) is 6.99. The van der Waals surface area contributed by atoms with Crippen molar-refractivity contribution in [3.63, 3.8) is 0 Å². The molecule has 2 aliphatic rings. The van der Waals surface area contributed by atoms with E-state index in [1.807, 2.05) is 66.7 Å². The summed E-state index contributed by atoms with van der Waals surface area (Å²) in [5, 5.41) is 3.41. The highest BCUT2D eigenvalue weighted by atomic mass is 16.5. The maximum absolute atomic E-state index is 13.7. The number of ether oxygens (including phenoxy) is 1. The lowest BCUT2D eigenvalue weighted by Crippen LogP contribution is -2.55. The van der Waals surface area contributed by atoms with Gasteiger partial charge < -0.3 is 10.1 Å². The van der Waals surface area contributed by atoms with Crippen molar-refractivity contribution >= 4 is 11.6 Å². The van der Waals surface area contributed by atoms with Crippen LogP contribution in [0, 0.1) is 23.2 Å². The smallest absolute Gasteiger partial charge is 0.167 e. The minimum absolute atomic E-state index is 0.105. The molecule has 4 heteroatoms. The average molecular weight is 430 g/mol. The second kappa shape index (κ2) is 10.2. The monoisotopic (exact) mass is 429 g/mol. The van der Waals surface area contributed by atoms with Crippen molar-refractivity contribution in [2.75, 3.05) is 26.8 Å². The van der Waals surface area contributed by atoms with Gasteiger partial charge in [0.2, 0.25) is 0 Å². The molecule has 1 saturated heterocycles. The number of carbonyl (C=O) groups excluding carboxylic acids is 2. The molecule has 3 unspecified atom stereocenters. The molecule has 1 aliphatic carbocycles. The van der Waals surface area contributed by atoms with Gasteiger partial charge in [-0.25, -0.2) is 0 Å². The highest BCUT2D eigenvalue weighted by molar-refractivity contribution is 6.01. The summed E-state index contributed by atoms with van der Waals surface area (Å²) in [4.78, 5) is 27.5. The fourth-order valence-corrected chi connectivity index (χ4v) is 5.45. The predicted octanol–water partition coefficient (Wildman–Crippen LogP) is 4.74. The first kappa shape index (κ1) is 22.4. The summed E-state index contributed by atoms with van der Waals surface area (Å²) in [6, 6.07) is 18.9. The van der Waals surface area contributed by atoms with Gasteiger partial charge in [-0.05, 0) is 24.2 Å².